The number of rotatable bonds is 6. The van der Waals surface area contributed by atoms with Gasteiger partial charge < -0.3 is 4.90 Å². The van der Waals surface area contributed by atoms with E-state index in [1.165, 1.54) is 11.5 Å². The summed E-state index contributed by atoms with van der Waals surface area (Å²) >= 11 is 2.90. The summed E-state index contributed by atoms with van der Waals surface area (Å²) in [5, 5.41) is 8.42. The zero-order valence-corrected chi connectivity index (χ0v) is 11.5. The molecule has 0 spiro atoms. The molecule has 92 valence electrons. The van der Waals surface area contributed by atoms with Crippen molar-refractivity contribution in [2.45, 2.75) is 24.1 Å². The molecule has 5 nitrogen and oxygen atoms in total. The second-order valence-corrected chi connectivity index (χ2v) is 5.52. The van der Waals surface area contributed by atoms with Gasteiger partial charge in [0.15, 0.2) is 4.34 Å². The number of aromatic nitrogens is 2. The minimum absolute atomic E-state index is 0.0639. The van der Waals surface area contributed by atoms with Gasteiger partial charge >= 0.3 is 0 Å². The maximum Gasteiger partial charge on any atom is 0.223 e. The second kappa shape index (κ2) is 7.25. The number of nitriles is 1. The fourth-order valence-electron chi connectivity index (χ4n) is 1.10. The van der Waals surface area contributed by atoms with Gasteiger partial charge in [0.25, 0.3) is 0 Å². The molecule has 0 unspecified atom stereocenters. The number of aryl methyl sites for hydroxylation is 1. The summed E-state index contributed by atoms with van der Waals surface area (Å²) in [6.45, 7) is 2.35. The fraction of sp³-hybridized carbons (Fsp3) is 0.600. The third kappa shape index (κ3) is 5.15. The molecule has 0 atom stereocenters. The van der Waals surface area contributed by atoms with Crippen molar-refractivity contribution in [2.75, 3.05) is 19.3 Å². The van der Waals surface area contributed by atoms with Gasteiger partial charge in [-0.1, -0.05) is 11.8 Å². The minimum Gasteiger partial charge on any atom is -0.345 e. The molecule has 0 fully saturated rings. The molecule has 1 heterocycles. The van der Waals surface area contributed by atoms with Crippen molar-refractivity contribution in [1.29, 1.82) is 5.26 Å². The highest BCUT2D eigenvalue weighted by Gasteiger charge is 2.09. The summed E-state index contributed by atoms with van der Waals surface area (Å²) in [6, 6.07) is 2.02. The molecule has 17 heavy (non-hydrogen) atoms. The van der Waals surface area contributed by atoms with E-state index in [4.69, 9.17) is 5.26 Å². The molecule has 0 aromatic carbocycles. The lowest BCUT2D eigenvalue weighted by atomic mass is 10.3. The number of amides is 1. The fourth-order valence-corrected chi connectivity index (χ4v) is 2.74. The molecule has 0 bridgehead atoms. The molecular formula is C10H14N4OS2. The van der Waals surface area contributed by atoms with Crippen LogP contribution >= 0.6 is 23.3 Å². The molecule has 0 aliphatic rings. The molecule has 0 aliphatic heterocycles. The second-order valence-electron chi connectivity index (χ2n) is 3.43. The smallest absolute Gasteiger partial charge is 0.223 e. The highest BCUT2D eigenvalue weighted by molar-refractivity contribution is 8.00. The first-order valence-electron chi connectivity index (χ1n) is 5.17. The van der Waals surface area contributed by atoms with Gasteiger partial charge in [-0.15, -0.1) is 0 Å². The number of carbonyl (C=O) groups is 1. The third-order valence-electron chi connectivity index (χ3n) is 2.04. The SMILES string of the molecule is Cc1nsc(SCCC(=O)N(C)CCC#N)n1. The van der Waals surface area contributed by atoms with E-state index in [0.717, 1.165) is 10.2 Å². The quantitative estimate of drug-likeness (QED) is 0.736. The van der Waals surface area contributed by atoms with E-state index in [9.17, 15) is 4.79 Å². The van der Waals surface area contributed by atoms with Crippen LogP contribution in [0.25, 0.3) is 0 Å². The van der Waals surface area contributed by atoms with Crippen LogP contribution in [-0.2, 0) is 4.79 Å². The standard InChI is InChI=1S/C10H14N4OS2/c1-8-12-10(17-13-8)16-7-4-9(15)14(2)6-3-5-11/h3-4,6-7H2,1-2H3. The van der Waals surface area contributed by atoms with Gasteiger partial charge in [0.2, 0.25) is 5.91 Å². The lowest BCUT2D eigenvalue weighted by Crippen LogP contribution is -2.27. The van der Waals surface area contributed by atoms with Crippen LogP contribution in [-0.4, -0.2) is 39.5 Å². The van der Waals surface area contributed by atoms with E-state index in [1.807, 2.05) is 13.0 Å². The molecule has 1 aromatic rings. The summed E-state index contributed by atoms with van der Waals surface area (Å²) < 4.78 is 4.97. The Labute approximate surface area is 109 Å². The maximum absolute atomic E-state index is 11.6. The highest BCUT2D eigenvalue weighted by atomic mass is 32.2. The molecule has 7 heteroatoms. The summed E-state index contributed by atoms with van der Waals surface area (Å²) in [6.07, 6.45) is 0.843. The van der Waals surface area contributed by atoms with Crippen molar-refractivity contribution >= 4 is 29.2 Å². The van der Waals surface area contributed by atoms with Gasteiger partial charge in [0, 0.05) is 25.8 Å². The Morgan fingerprint density at radius 2 is 2.41 bits per heavy atom. The molecular weight excluding hydrogens is 256 g/mol. The summed E-state index contributed by atoms with van der Waals surface area (Å²) in [5.74, 6) is 1.54. The van der Waals surface area contributed by atoms with Crippen molar-refractivity contribution < 1.29 is 4.79 Å². The molecule has 1 aromatic heterocycles. The van der Waals surface area contributed by atoms with E-state index in [1.54, 1.807) is 23.7 Å². The Kier molecular flexibility index (Phi) is 5.94. The van der Waals surface area contributed by atoms with Crippen LogP contribution in [0.2, 0.25) is 0 Å². The highest BCUT2D eigenvalue weighted by Crippen LogP contribution is 2.20. The number of carbonyl (C=O) groups excluding carboxylic acids is 1. The monoisotopic (exact) mass is 270 g/mol. The number of hydrogen-bond donors (Lipinski definition) is 0. The van der Waals surface area contributed by atoms with Gasteiger partial charge in [0.1, 0.15) is 5.82 Å². The molecule has 0 saturated carbocycles. The predicted molar refractivity (Wildman–Crippen MR) is 67.9 cm³/mol. The largest absolute Gasteiger partial charge is 0.345 e. The molecule has 1 amide bonds. The molecule has 1 rings (SSSR count). The Hall–Kier alpha value is -1.13. The van der Waals surface area contributed by atoms with Gasteiger partial charge in [-0.2, -0.15) is 9.64 Å². The number of thioether (sulfide) groups is 1. The van der Waals surface area contributed by atoms with Crippen molar-refractivity contribution in [3.05, 3.63) is 5.82 Å². The van der Waals surface area contributed by atoms with E-state index < -0.39 is 0 Å². The Balaban J connectivity index is 2.22. The Bertz CT molecular complexity index is 413. The first-order chi connectivity index (χ1) is 8.13. The normalized spacial score (nSPS) is 9.94. The van der Waals surface area contributed by atoms with Gasteiger partial charge in [0.05, 0.1) is 12.5 Å². The molecule has 0 saturated heterocycles. The van der Waals surface area contributed by atoms with Crippen molar-refractivity contribution in [3.63, 3.8) is 0 Å². The lowest BCUT2D eigenvalue weighted by Gasteiger charge is -2.14. The topological polar surface area (TPSA) is 69.9 Å². The van der Waals surface area contributed by atoms with Crippen LogP contribution < -0.4 is 0 Å². The van der Waals surface area contributed by atoms with E-state index in [0.29, 0.717) is 25.1 Å². The Morgan fingerprint density at radius 3 is 3.00 bits per heavy atom. The third-order valence-corrected chi connectivity index (χ3v) is 3.96. The summed E-state index contributed by atoms with van der Waals surface area (Å²) in [4.78, 5) is 17.4. The molecule has 0 aliphatic carbocycles. The first-order valence-corrected chi connectivity index (χ1v) is 6.93. The summed E-state index contributed by atoms with van der Waals surface area (Å²) in [5.41, 5.74) is 0. The van der Waals surface area contributed by atoms with Gasteiger partial charge in [-0.25, -0.2) is 4.98 Å². The Morgan fingerprint density at radius 1 is 1.65 bits per heavy atom. The van der Waals surface area contributed by atoms with Crippen LogP contribution in [0, 0.1) is 18.3 Å². The van der Waals surface area contributed by atoms with Gasteiger partial charge in [-0.05, 0) is 18.5 Å². The average molecular weight is 270 g/mol. The number of nitrogens with zero attached hydrogens (tertiary/aromatic N) is 4. The van der Waals surface area contributed by atoms with E-state index >= 15 is 0 Å². The van der Waals surface area contributed by atoms with Crippen molar-refractivity contribution in [3.8, 4) is 6.07 Å². The lowest BCUT2D eigenvalue weighted by molar-refractivity contribution is -0.129. The van der Waals surface area contributed by atoms with Crippen LogP contribution in [0.1, 0.15) is 18.7 Å². The number of hydrogen-bond acceptors (Lipinski definition) is 6. The predicted octanol–water partition coefficient (Wildman–Crippen LogP) is 1.70. The maximum atomic E-state index is 11.6. The molecule has 0 N–H and O–H groups in total. The van der Waals surface area contributed by atoms with Crippen molar-refractivity contribution in [1.82, 2.24) is 14.3 Å². The zero-order chi connectivity index (χ0) is 12.7. The minimum atomic E-state index is 0.0639. The van der Waals surface area contributed by atoms with Crippen LogP contribution in [0.5, 0.6) is 0 Å². The van der Waals surface area contributed by atoms with Gasteiger partial charge in [-0.3, -0.25) is 4.79 Å². The average Bonchev–Trinajstić information content (AvgIpc) is 2.71. The van der Waals surface area contributed by atoms with Crippen LogP contribution in [0.4, 0.5) is 0 Å². The van der Waals surface area contributed by atoms with E-state index in [2.05, 4.69) is 9.36 Å². The summed E-state index contributed by atoms with van der Waals surface area (Å²) in [7, 11) is 1.72. The molecule has 0 radical (unpaired) electrons. The van der Waals surface area contributed by atoms with Crippen LogP contribution in [0.3, 0.4) is 0 Å². The van der Waals surface area contributed by atoms with Crippen molar-refractivity contribution in [2.24, 2.45) is 0 Å². The van der Waals surface area contributed by atoms with E-state index in [-0.39, 0.29) is 5.91 Å². The van der Waals surface area contributed by atoms with Crippen LogP contribution in [0.15, 0.2) is 4.34 Å². The zero-order valence-electron chi connectivity index (χ0n) is 9.84. The first kappa shape index (κ1) is 13.9.